The summed E-state index contributed by atoms with van der Waals surface area (Å²) in [4.78, 5) is 10.1. The van der Waals surface area contributed by atoms with E-state index in [0.29, 0.717) is 6.54 Å². The van der Waals surface area contributed by atoms with Gasteiger partial charge in [0.2, 0.25) is 0 Å². The highest BCUT2D eigenvalue weighted by atomic mass is 16.4. The quantitative estimate of drug-likeness (QED) is 0.481. The summed E-state index contributed by atoms with van der Waals surface area (Å²) in [7, 11) is 0. The van der Waals surface area contributed by atoms with E-state index in [1.807, 2.05) is 0 Å². The molecule has 0 spiro atoms. The van der Waals surface area contributed by atoms with Crippen LogP contribution in [-0.4, -0.2) is 24.2 Å². The molecular weight excluding hydrogens is 166 g/mol. The van der Waals surface area contributed by atoms with Crippen LogP contribution >= 0.6 is 0 Å². The third-order valence-electron chi connectivity index (χ3n) is 1.54. The van der Waals surface area contributed by atoms with Gasteiger partial charge in [0, 0.05) is 0 Å². The number of hydrogen-bond acceptors (Lipinski definition) is 2. The van der Waals surface area contributed by atoms with Crippen molar-refractivity contribution >= 4 is 5.97 Å². The Morgan fingerprint density at radius 3 is 2.77 bits per heavy atom. The van der Waals surface area contributed by atoms with E-state index in [0.717, 1.165) is 13.0 Å². The summed E-state index contributed by atoms with van der Waals surface area (Å²) >= 11 is 0. The summed E-state index contributed by atoms with van der Waals surface area (Å²) in [6, 6.07) is 0. The zero-order chi connectivity index (χ0) is 9.94. The van der Waals surface area contributed by atoms with Crippen LogP contribution in [0, 0.1) is 11.8 Å². The van der Waals surface area contributed by atoms with Gasteiger partial charge < -0.3 is 10.4 Å². The molecule has 0 atom stereocenters. The minimum atomic E-state index is -0.863. The van der Waals surface area contributed by atoms with Gasteiger partial charge in [0.15, 0.2) is 0 Å². The number of rotatable bonds is 6. The molecule has 0 radical (unpaired) electrons. The monoisotopic (exact) mass is 183 g/mol. The second kappa shape index (κ2) is 9.08. The van der Waals surface area contributed by atoms with Crippen LogP contribution in [0.25, 0.3) is 0 Å². The average Bonchev–Trinajstić information content (AvgIpc) is 2.09. The standard InChI is InChI=1S/C10H17NO2/c1-2-3-5-8-11-9-6-4-7-10(12)13/h11H,2-3,5,7-9H2,1H3,(H,12,13). The summed E-state index contributed by atoms with van der Waals surface area (Å²) in [6.45, 7) is 3.72. The van der Waals surface area contributed by atoms with Gasteiger partial charge in [-0.05, 0) is 13.0 Å². The van der Waals surface area contributed by atoms with Gasteiger partial charge in [-0.3, -0.25) is 4.79 Å². The van der Waals surface area contributed by atoms with E-state index in [1.165, 1.54) is 12.8 Å². The minimum absolute atomic E-state index is 0.0589. The molecule has 13 heavy (non-hydrogen) atoms. The lowest BCUT2D eigenvalue weighted by molar-refractivity contribution is -0.135. The summed E-state index contributed by atoms with van der Waals surface area (Å²) in [5.74, 6) is 4.45. The van der Waals surface area contributed by atoms with Crippen molar-refractivity contribution in [2.45, 2.75) is 32.6 Å². The maximum absolute atomic E-state index is 10.1. The fraction of sp³-hybridized carbons (Fsp3) is 0.700. The largest absolute Gasteiger partial charge is 0.481 e. The van der Waals surface area contributed by atoms with Crippen LogP contribution in [0.2, 0.25) is 0 Å². The molecule has 0 aliphatic heterocycles. The first-order valence-corrected chi connectivity index (χ1v) is 4.65. The molecule has 0 rings (SSSR count). The van der Waals surface area contributed by atoms with Crippen molar-refractivity contribution in [2.24, 2.45) is 0 Å². The predicted octanol–water partition coefficient (Wildman–Crippen LogP) is 1.24. The molecule has 0 bridgehead atoms. The number of carboxylic acid groups (broad SMARTS) is 1. The molecule has 0 aromatic rings. The van der Waals surface area contributed by atoms with Gasteiger partial charge in [-0.25, -0.2) is 0 Å². The van der Waals surface area contributed by atoms with Crippen LogP contribution in [0.5, 0.6) is 0 Å². The number of hydrogen-bond donors (Lipinski definition) is 2. The Morgan fingerprint density at radius 2 is 2.15 bits per heavy atom. The van der Waals surface area contributed by atoms with E-state index in [2.05, 4.69) is 24.1 Å². The van der Waals surface area contributed by atoms with E-state index in [4.69, 9.17) is 5.11 Å². The second-order valence-electron chi connectivity index (χ2n) is 2.81. The summed E-state index contributed by atoms with van der Waals surface area (Å²) in [5.41, 5.74) is 0. The number of carbonyl (C=O) groups is 1. The van der Waals surface area contributed by atoms with Gasteiger partial charge >= 0.3 is 5.97 Å². The zero-order valence-electron chi connectivity index (χ0n) is 8.10. The fourth-order valence-electron chi connectivity index (χ4n) is 0.852. The first-order valence-electron chi connectivity index (χ1n) is 4.65. The van der Waals surface area contributed by atoms with Crippen molar-refractivity contribution in [1.82, 2.24) is 5.32 Å². The van der Waals surface area contributed by atoms with Gasteiger partial charge in [-0.1, -0.05) is 31.6 Å². The van der Waals surface area contributed by atoms with Crippen molar-refractivity contribution in [1.29, 1.82) is 0 Å². The molecule has 2 N–H and O–H groups in total. The van der Waals surface area contributed by atoms with Crippen molar-refractivity contribution in [3.63, 3.8) is 0 Å². The van der Waals surface area contributed by atoms with Crippen molar-refractivity contribution in [3.8, 4) is 11.8 Å². The topological polar surface area (TPSA) is 49.3 Å². The predicted molar refractivity (Wildman–Crippen MR) is 52.4 cm³/mol. The average molecular weight is 183 g/mol. The van der Waals surface area contributed by atoms with Crippen LogP contribution in [0.4, 0.5) is 0 Å². The number of unbranched alkanes of at least 4 members (excludes halogenated alkanes) is 2. The van der Waals surface area contributed by atoms with Crippen LogP contribution in [0.1, 0.15) is 32.6 Å². The van der Waals surface area contributed by atoms with E-state index in [9.17, 15) is 4.79 Å². The Morgan fingerprint density at radius 1 is 1.38 bits per heavy atom. The highest BCUT2D eigenvalue weighted by Crippen LogP contribution is 1.90. The Labute approximate surface area is 79.5 Å². The molecule has 74 valence electrons. The molecule has 0 saturated carbocycles. The number of carboxylic acids is 1. The first kappa shape index (κ1) is 12.0. The van der Waals surface area contributed by atoms with Crippen LogP contribution in [0.3, 0.4) is 0 Å². The summed E-state index contributed by atoms with van der Waals surface area (Å²) in [5, 5.41) is 11.4. The fourth-order valence-corrected chi connectivity index (χ4v) is 0.852. The molecule has 0 aliphatic rings. The smallest absolute Gasteiger partial charge is 0.315 e. The van der Waals surface area contributed by atoms with Gasteiger partial charge in [0.1, 0.15) is 6.42 Å². The molecule has 0 heterocycles. The molecule has 0 fully saturated rings. The third kappa shape index (κ3) is 11.0. The maximum atomic E-state index is 10.1. The van der Waals surface area contributed by atoms with Crippen molar-refractivity contribution < 1.29 is 9.90 Å². The molecule has 0 amide bonds. The van der Waals surface area contributed by atoms with Crippen LogP contribution in [-0.2, 0) is 4.79 Å². The Bertz CT molecular complexity index is 191. The number of aliphatic carboxylic acids is 1. The second-order valence-corrected chi connectivity index (χ2v) is 2.81. The lowest BCUT2D eigenvalue weighted by Gasteiger charge is -1.97. The molecule has 0 unspecified atom stereocenters. The highest BCUT2D eigenvalue weighted by Gasteiger charge is 1.87. The molecule has 3 heteroatoms. The molecular formula is C10H17NO2. The first-order chi connectivity index (χ1) is 6.27. The molecule has 3 nitrogen and oxygen atoms in total. The van der Waals surface area contributed by atoms with Gasteiger partial charge in [-0.15, -0.1) is 0 Å². The molecule has 0 saturated heterocycles. The van der Waals surface area contributed by atoms with Gasteiger partial charge in [0.25, 0.3) is 0 Å². The van der Waals surface area contributed by atoms with E-state index in [-0.39, 0.29) is 6.42 Å². The van der Waals surface area contributed by atoms with Crippen molar-refractivity contribution in [2.75, 3.05) is 13.1 Å². The van der Waals surface area contributed by atoms with E-state index in [1.54, 1.807) is 0 Å². The third-order valence-corrected chi connectivity index (χ3v) is 1.54. The van der Waals surface area contributed by atoms with Gasteiger partial charge in [-0.2, -0.15) is 0 Å². The minimum Gasteiger partial charge on any atom is -0.481 e. The molecule has 0 aromatic heterocycles. The Hall–Kier alpha value is -1.01. The highest BCUT2D eigenvalue weighted by molar-refractivity contribution is 5.69. The van der Waals surface area contributed by atoms with E-state index < -0.39 is 5.97 Å². The normalized spacial score (nSPS) is 9.00. The van der Waals surface area contributed by atoms with Crippen LogP contribution in [0.15, 0.2) is 0 Å². The Balaban J connectivity index is 3.13. The molecule has 0 aromatic carbocycles. The zero-order valence-corrected chi connectivity index (χ0v) is 8.10. The lowest BCUT2D eigenvalue weighted by Crippen LogP contribution is -2.15. The van der Waals surface area contributed by atoms with Gasteiger partial charge in [0.05, 0.1) is 6.54 Å². The lowest BCUT2D eigenvalue weighted by atomic mass is 10.2. The Kier molecular flexibility index (Phi) is 8.38. The molecule has 0 aliphatic carbocycles. The maximum Gasteiger partial charge on any atom is 0.315 e. The van der Waals surface area contributed by atoms with E-state index >= 15 is 0 Å². The summed E-state index contributed by atoms with van der Waals surface area (Å²) in [6.07, 6.45) is 3.55. The van der Waals surface area contributed by atoms with Crippen molar-refractivity contribution in [3.05, 3.63) is 0 Å². The number of nitrogens with one attached hydrogen (secondary N) is 1. The summed E-state index contributed by atoms with van der Waals surface area (Å²) < 4.78 is 0. The SMILES string of the molecule is CCCCCNCC#CCC(=O)O. The van der Waals surface area contributed by atoms with Crippen LogP contribution < -0.4 is 5.32 Å².